The summed E-state index contributed by atoms with van der Waals surface area (Å²) in [6, 6.07) is 27.4. The fourth-order valence-electron chi connectivity index (χ4n) is 6.44. The fourth-order valence-corrected chi connectivity index (χ4v) is 8.29. The van der Waals surface area contributed by atoms with Gasteiger partial charge in [-0.25, -0.2) is 9.78 Å². The van der Waals surface area contributed by atoms with Crippen molar-refractivity contribution in [2.45, 2.75) is 23.4 Å². The van der Waals surface area contributed by atoms with E-state index in [4.69, 9.17) is 10.6 Å². The lowest BCUT2D eigenvalue weighted by atomic mass is 9.80. The lowest BCUT2D eigenvalue weighted by Gasteiger charge is -2.49. The van der Waals surface area contributed by atoms with Gasteiger partial charge >= 0.3 is 5.97 Å². The Hall–Kier alpha value is -5.73. The number of thiazole rings is 1. The average Bonchev–Trinajstić information content (AvgIpc) is 3.73. The van der Waals surface area contributed by atoms with Crippen LogP contribution in [-0.2, 0) is 29.6 Å². The molecule has 4 N–H and O–H groups in total. The number of likely N-dealkylation sites (tertiary alicyclic amines) is 1. The number of benzene rings is 3. The standard InChI is InChI=1S/C37H32N6O6S2/c1-42-18-17-22(32(42)45)19-23-20-50-34-29(33(46)43(34)30(23)35(47)48)40-31(44)28(27-21-51-36(38)39-27)41-49-37(24-11-5-2-6-12-24,25-13-7-3-8-14-25)26-15-9-4-10-16-26/h2-16,19,21,29,34H,17-18,20H2,1H3,(H2,38,39)(H,40,44)(H,47,48)/t29-,34-/m1/s1. The number of hydrogen-bond acceptors (Lipinski definition) is 10. The maximum Gasteiger partial charge on any atom is 0.352 e. The van der Waals surface area contributed by atoms with Crippen LogP contribution in [-0.4, -0.2) is 80.1 Å². The second-order valence-corrected chi connectivity index (χ2v) is 14.1. The maximum absolute atomic E-state index is 14.1. The summed E-state index contributed by atoms with van der Waals surface area (Å²) in [5, 5.41) is 18.5. The molecule has 4 heterocycles. The smallest absolute Gasteiger partial charge is 0.352 e. The lowest BCUT2D eigenvalue weighted by Crippen LogP contribution is -2.71. The number of thioether (sulfide) groups is 1. The predicted octanol–water partition coefficient (Wildman–Crippen LogP) is 3.97. The third kappa shape index (κ3) is 6.17. The van der Waals surface area contributed by atoms with Gasteiger partial charge in [-0.1, -0.05) is 96.2 Å². The van der Waals surface area contributed by atoms with Crippen LogP contribution in [0.3, 0.4) is 0 Å². The second-order valence-electron chi connectivity index (χ2n) is 12.1. The van der Waals surface area contributed by atoms with E-state index < -0.39 is 34.8 Å². The summed E-state index contributed by atoms with van der Waals surface area (Å²) in [5.41, 5.74) is 7.50. The zero-order chi connectivity index (χ0) is 35.7. The highest BCUT2D eigenvalue weighted by Gasteiger charge is 2.54. The van der Waals surface area contributed by atoms with Crippen molar-refractivity contribution in [2.75, 3.05) is 25.1 Å². The number of β-lactam (4-membered cyclic amide) rings is 1. The van der Waals surface area contributed by atoms with Crippen LogP contribution in [0.4, 0.5) is 5.13 Å². The van der Waals surface area contributed by atoms with Gasteiger partial charge in [-0.3, -0.25) is 19.3 Å². The third-order valence-electron chi connectivity index (χ3n) is 8.97. The first-order valence-electron chi connectivity index (χ1n) is 16.0. The Balaban J connectivity index is 1.23. The van der Waals surface area contributed by atoms with E-state index in [1.165, 1.54) is 11.8 Å². The Morgan fingerprint density at radius 3 is 2.08 bits per heavy atom. The molecule has 2 saturated heterocycles. The molecule has 3 aliphatic heterocycles. The van der Waals surface area contributed by atoms with Crippen molar-refractivity contribution in [3.05, 3.63) is 142 Å². The summed E-state index contributed by atoms with van der Waals surface area (Å²) >= 11 is 2.41. The second kappa shape index (κ2) is 13.9. The minimum Gasteiger partial charge on any atom is -0.477 e. The minimum absolute atomic E-state index is 0.143. The van der Waals surface area contributed by atoms with E-state index >= 15 is 0 Å². The number of allylic oxidation sites excluding steroid dienone is 1. The summed E-state index contributed by atoms with van der Waals surface area (Å²) < 4.78 is 0. The molecule has 0 radical (unpaired) electrons. The van der Waals surface area contributed by atoms with Crippen LogP contribution in [0.15, 0.2) is 124 Å². The molecule has 14 heteroatoms. The summed E-state index contributed by atoms with van der Waals surface area (Å²) in [5.74, 6) is -2.60. The van der Waals surface area contributed by atoms with Gasteiger partial charge in [0.2, 0.25) is 11.5 Å². The molecule has 2 fully saturated rings. The van der Waals surface area contributed by atoms with E-state index in [1.807, 2.05) is 91.0 Å². The Kier molecular flexibility index (Phi) is 9.19. The molecule has 0 bridgehead atoms. The van der Waals surface area contributed by atoms with Gasteiger partial charge < -0.3 is 25.9 Å². The number of nitrogens with two attached hydrogens (primary N) is 1. The van der Waals surface area contributed by atoms with Crippen LogP contribution in [0.2, 0.25) is 0 Å². The predicted molar refractivity (Wildman–Crippen MR) is 193 cm³/mol. The van der Waals surface area contributed by atoms with E-state index in [9.17, 15) is 24.3 Å². The van der Waals surface area contributed by atoms with Crippen LogP contribution in [0.1, 0.15) is 28.8 Å². The monoisotopic (exact) mass is 720 g/mol. The molecule has 4 aromatic rings. The van der Waals surface area contributed by atoms with Crippen molar-refractivity contribution in [1.29, 1.82) is 0 Å². The molecule has 1 aromatic heterocycles. The number of amides is 3. The van der Waals surface area contributed by atoms with Gasteiger partial charge in [0.1, 0.15) is 22.8 Å². The van der Waals surface area contributed by atoms with Crippen molar-refractivity contribution in [3.63, 3.8) is 0 Å². The van der Waals surface area contributed by atoms with Crippen LogP contribution in [0, 0.1) is 0 Å². The van der Waals surface area contributed by atoms with Crippen molar-refractivity contribution in [2.24, 2.45) is 5.16 Å². The first-order valence-corrected chi connectivity index (χ1v) is 17.9. The number of likely N-dealkylation sites (N-methyl/N-ethyl adjacent to an activating group) is 1. The van der Waals surface area contributed by atoms with Gasteiger partial charge in [0.05, 0.1) is 0 Å². The number of nitrogens with one attached hydrogen (secondary N) is 1. The van der Waals surface area contributed by atoms with Crippen LogP contribution >= 0.6 is 23.1 Å². The number of carbonyl (C=O) groups excluding carboxylic acids is 3. The maximum atomic E-state index is 14.1. The molecule has 3 aliphatic rings. The van der Waals surface area contributed by atoms with Crippen molar-refractivity contribution >= 4 is 57.6 Å². The third-order valence-corrected chi connectivity index (χ3v) is 10.9. The Morgan fingerprint density at radius 2 is 1.59 bits per heavy atom. The number of fused-ring (bicyclic) bond motifs is 1. The molecule has 0 aliphatic carbocycles. The Morgan fingerprint density at radius 1 is 1.00 bits per heavy atom. The highest BCUT2D eigenvalue weighted by atomic mass is 32.2. The van der Waals surface area contributed by atoms with Gasteiger partial charge in [-0.2, -0.15) is 0 Å². The first-order chi connectivity index (χ1) is 24.7. The summed E-state index contributed by atoms with van der Waals surface area (Å²) in [4.78, 5) is 66.3. The highest BCUT2D eigenvalue weighted by Crippen LogP contribution is 2.42. The number of anilines is 1. The molecule has 7 rings (SSSR count). The zero-order valence-electron chi connectivity index (χ0n) is 27.3. The molecule has 12 nitrogen and oxygen atoms in total. The first kappa shape index (κ1) is 33.8. The number of aliphatic carboxylic acids is 1. The molecular weight excluding hydrogens is 689 g/mol. The molecule has 0 saturated carbocycles. The number of nitrogens with zero attached hydrogens (tertiary/aromatic N) is 4. The van der Waals surface area contributed by atoms with E-state index in [-0.39, 0.29) is 33.9 Å². The number of carbonyl (C=O) groups is 4. The van der Waals surface area contributed by atoms with Gasteiger partial charge in [-0.15, -0.1) is 23.1 Å². The molecule has 51 heavy (non-hydrogen) atoms. The number of rotatable bonds is 10. The Bertz CT molecular complexity index is 2000. The normalized spacial score (nSPS) is 19.9. The van der Waals surface area contributed by atoms with Crippen molar-refractivity contribution in [3.8, 4) is 0 Å². The SMILES string of the molecule is CN1CCC(=CC2=C(C(=O)O)N3C(=O)[C@@H](NC(=O)C(=NOC(c4ccccc4)(c4ccccc4)c4ccccc4)c4csc(N)n4)[C@H]3SC2)C1=O. The van der Waals surface area contributed by atoms with Gasteiger partial charge in [0.25, 0.3) is 11.8 Å². The number of hydrogen-bond donors (Lipinski definition) is 3. The van der Waals surface area contributed by atoms with Crippen LogP contribution < -0.4 is 11.1 Å². The van der Waals surface area contributed by atoms with E-state index in [0.29, 0.717) is 24.1 Å². The average molecular weight is 721 g/mol. The number of oxime groups is 1. The minimum atomic E-state index is -1.30. The number of aromatic nitrogens is 1. The largest absolute Gasteiger partial charge is 0.477 e. The molecule has 0 spiro atoms. The molecular formula is C37H32N6O6S2. The molecule has 0 unspecified atom stereocenters. The van der Waals surface area contributed by atoms with Crippen LogP contribution in [0.25, 0.3) is 0 Å². The quantitative estimate of drug-likeness (QED) is 0.0723. The lowest BCUT2D eigenvalue weighted by molar-refractivity contribution is -0.150. The summed E-state index contributed by atoms with van der Waals surface area (Å²) in [6.45, 7) is 0.536. The summed E-state index contributed by atoms with van der Waals surface area (Å²) in [7, 11) is 1.68. The fraction of sp³-hybridized carbons (Fsp3) is 0.189. The van der Waals surface area contributed by atoms with Gasteiger partial charge in [-0.05, 0) is 18.1 Å². The topological polar surface area (TPSA) is 168 Å². The number of nitrogen functional groups attached to an aromatic ring is 1. The van der Waals surface area contributed by atoms with E-state index in [1.54, 1.807) is 23.4 Å². The number of carboxylic acids is 1. The zero-order valence-corrected chi connectivity index (χ0v) is 28.9. The van der Waals surface area contributed by atoms with E-state index in [2.05, 4.69) is 15.5 Å². The summed E-state index contributed by atoms with van der Waals surface area (Å²) in [6.07, 6.45) is 2.06. The van der Waals surface area contributed by atoms with Crippen molar-refractivity contribution < 1.29 is 29.1 Å². The molecule has 2 atom stereocenters. The highest BCUT2D eigenvalue weighted by molar-refractivity contribution is 8.00. The van der Waals surface area contributed by atoms with Crippen molar-refractivity contribution in [1.82, 2.24) is 20.1 Å². The Labute approximate surface area is 301 Å². The van der Waals surface area contributed by atoms with Crippen LogP contribution in [0.5, 0.6) is 0 Å². The van der Waals surface area contributed by atoms with E-state index in [0.717, 1.165) is 32.9 Å². The molecule has 3 aromatic carbocycles. The number of carboxylic acid groups (broad SMARTS) is 1. The molecule has 258 valence electrons. The molecule has 3 amide bonds. The van der Waals surface area contributed by atoms with Gasteiger partial charge in [0, 0.05) is 47.0 Å². The van der Waals surface area contributed by atoms with Gasteiger partial charge in [0.15, 0.2) is 10.8 Å².